The molecule has 1 nitrogen and oxygen atoms in total. The Morgan fingerprint density at radius 3 is 1.90 bits per heavy atom. The van der Waals surface area contributed by atoms with Crippen LogP contribution in [-0.2, 0) is 11.8 Å². The number of rotatable bonds is 2. The van der Waals surface area contributed by atoms with Crippen molar-refractivity contribution >= 4 is 22.6 Å². The van der Waals surface area contributed by atoms with Crippen molar-refractivity contribution < 1.29 is 18.3 Å². The second kappa shape index (κ2) is 5.37. The monoisotopic (exact) mass is 392 g/mol. The number of aliphatic hydroxyl groups is 1. The highest BCUT2D eigenvalue weighted by atomic mass is 127. The van der Waals surface area contributed by atoms with Gasteiger partial charge in [0.25, 0.3) is 0 Å². The van der Waals surface area contributed by atoms with Gasteiger partial charge in [-0.1, -0.05) is 30.3 Å². The molecule has 0 saturated heterocycles. The summed E-state index contributed by atoms with van der Waals surface area (Å²) >= 11 is 2.10. The summed E-state index contributed by atoms with van der Waals surface area (Å²) in [6.07, 6.45) is -4.50. The number of hydrogen-bond acceptors (Lipinski definition) is 1. The SMILES string of the molecule is CC(O)(c1ccc(I)cc1)c1ccccc1C(F)(F)F. The minimum atomic E-state index is -4.50. The zero-order valence-corrected chi connectivity index (χ0v) is 12.7. The molecule has 0 amide bonds. The zero-order valence-electron chi connectivity index (χ0n) is 10.6. The van der Waals surface area contributed by atoms with Crippen molar-refractivity contribution in [2.24, 2.45) is 0 Å². The molecule has 2 aromatic rings. The lowest BCUT2D eigenvalue weighted by atomic mass is 9.85. The molecule has 0 aliphatic rings. The van der Waals surface area contributed by atoms with Crippen molar-refractivity contribution in [2.75, 3.05) is 0 Å². The second-order valence-corrected chi connectivity index (χ2v) is 5.87. The van der Waals surface area contributed by atoms with Crippen LogP contribution in [0, 0.1) is 3.57 Å². The molecule has 0 radical (unpaired) electrons. The van der Waals surface area contributed by atoms with Crippen molar-refractivity contribution in [3.05, 3.63) is 68.8 Å². The van der Waals surface area contributed by atoms with E-state index in [1.807, 2.05) is 0 Å². The minimum Gasteiger partial charge on any atom is -0.381 e. The number of halogens is 4. The molecule has 2 aromatic carbocycles. The molecule has 0 spiro atoms. The van der Waals surface area contributed by atoms with E-state index in [0.717, 1.165) is 9.64 Å². The van der Waals surface area contributed by atoms with E-state index < -0.39 is 17.3 Å². The van der Waals surface area contributed by atoms with Crippen LogP contribution in [0.4, 0.5) is 13.2 Å². The van der Waals surface area contributed by atoms with Crippen LogP contribution in [0.2, 0.25) is 0 Å². The van der Waals surface area contributed by atoms with E-state index in [1.54, 1.807) is 24.3 Å². The van der Waals surface area contributed by atoms with Gasteiger partial charge >= 0.3 is 6.18 Å². The van der Waals surface area contributed by atoms with Crippen molar-refractivity contribution in [2.45, 2.75) is 18.7 Å². The van der Waals surface area contributed by atoms with Gasteiger partial charge in [0.05, 0.1) is 5.56 Å². The van der Waals surface area contributed by atoms with Crippen LogP contribution < -0.4 is 0 Å². The Bertz CT molecular complexity index is 603. The maximum Gasteiger partial charge on any atom is 0.416 e. The van der Waals surface area contributed by atoms with E-state index in [1.165, 1.54) is 25.1 Å². The predicted octanol–water partition coefficient (Wildman–Crippen LogP) is 4.57. The summed E-state index contributed by atoms with van der Waals surface area (Å²) < 4.78 is 40.1. The lowest BCUT2D eigenvalue weighted by Crippen LogP contribution is -2.26. The Kier molecular flexibility index (Phi) is 4.11. The van der Waals surface area contributed by atoms with E-state index in [-0.39, 0.29) is 5.56 Å². The molecule has 0 aliphatic carbocycles. The first-order valence-electron chi connectivity index (χ1n) is 5.88. The van der Waals surface area contributed by atoms with Gasteiger partial charge in [0, 0.05) is 3.57 Å². The lowest BCUT2D eigenvalue weighted by molar-refractivity contribution is -0.139. The fraction of sp³-hybridized carbons (Fsp3) is 0.200. The molecule has 1 atom stereocenters. The van der Waals surface area contributed by atoms with Crippen molar-refractivity contribution in [3.63, 3.8) is 0 Å². The number of benzene rings is 2. The van der Waals surface area contributed by atoms with Gasteiger partial charge in [0.15, 0.2) is 0 Å². The number of alkyl halides is 3. The molecule has 0 fully saturated rings. The largest absolute Gasteiger partial charge is 0.416 e. The first-order chi connectivity index (χ1) is 9.23. The molecule has 0 aromatic heterocycles. The van der Waals surface area contributed by atoms with Gasteiger partial charge in [-0.05, 0) is 58.8 Å². The first kappa shape index (κ1) is 15.3. The Morgan fingerprint density at radius 1 is 0.900 bits per heavy atom. The van der Waals surface area contributed by atoms with Crippen LogP contribution in [0.3, 0.4) is 0 Å². The van der Waals surface area contributed by atoms with Crippen molar-refractivity contribution in [3.8, 4) is 0 Å². The van der Waals surface area contributed by atoms with Crippen molar-refractivity contribution in [1.82, 2.24) is 0 Å². The molecular formula is C15H12F3IO. The van der Waals surface area contributed by atoms with Gasteiger partial charge in [-0.25, -0.2) is 0 Å². The normalized spacial score (nSPS) is 14.9. The van der Waals surface area contributed by atoms with Gasteiger partial charge in [-0.3, -0.25) is 0 Å². The van der Waals surface area contributed by atoms with E-state index in [2.05, 4.69) is 22.6 Å². The highest BCUT2D eigenvalue weighted by molar-refractivity contribution is 14.1. The van der Waals surface area contributed by atoms with Crippen LogP contribution in [0.15, 0.2) is 48.5 Å². The first-order valence-corrected chi connectivity index (χ1v) is 6.96. The van der Waals surface area contributed by atoms with Gasteiger partial charge in [0.2, 0.25) is 0 Å². The topological polar surface area (TPSA) is 20.2 Å². The van der Waals surface area contributed by atoms with Gasteiger partial charge in [-0.2, -0.15) is 13.2 Å². The Balaban J connectivity index is 2.57. The summed E-state index contributed by atoms with van der Waals surface area (Å²) in [7, 11) is 0. The molecule has 0 heterocycles. The fourth-order valence-electron chi connectivity index (χ4n) is 2.08. The quantitative estimate of drug-likeness (QED) is 0.743. The molecule has 0 saturated carbocycles. The van der Waals surface area contributed by atoms with Gasteiger partial charge < -0.3 is 5.11 Å². The Labute approximate surface area is 128 Å². The number of hydrogen-bond donors (Lipinski definition) is 1. The van der Waals surface area contributed by atoms with Crippen molar-refractivity contribution in [1.29, 1.82) is 0 Å². The molecule has 2 rings (SSSR count). The molecule has 1 unspecified atom stereocenters. The van der Waals surface area contributed by atoms with Gasteiger partial charge in [0.1, 0.15) is 5.60 Å². The average molecular weight is 392 g/mol. The third-order valence-electron chi connectivity index (χ3n) is 3.16. The summed E-state index contributed by atoms with van der Waals surface area (Å²) in [5, 5.41) is 10.6. The maximum absolute atomic E-state index is 13.0. The van der Waals surface area contributed by atoms with E-state index >= 15 is 0 Å². The third kappa shape index (κ3) is 2.98. The summed E-state index contributed by atoms with van der Waals surface area (Å²) in [6.45, 7) is 1.37. The molecule has 106 valence electrons. The van der Waals surface area contributed by atoms with E-state index in [9.17, 15) is 18.3 Å². The van der Waals surface area contributed by atoms with Crippen LogP contribution >= 0.6 is 22.6 Å². The summed E-state index contributed by atoms with van der Waals surface area (Å²) in [4.78, 5) is 0. The second-order valence-electron chi connectivity index (χ2n) is 4.62. The molecule has 0 bridgehead atoms. The van der Waals surface area contributed by atoms with Crippen LogP contribution in [0.25, 0.3) is 0 Å². The Morgan fingerprint density at radius 2 is 1.40 bits per heavy atom. The summed E-state index contributed by atoms with van der Waals surface area (Å²) in [5.41, 5.74) is -2.23. The van der Waals surface area contributed by atoms with E-state index in [4.69, 9.17) is 0 Å². The zero-order chi connectivity index (χ0) is 15.0. The summed E-state index contributed by atoms with van der Waals surface area (Å²) in [6, 6.07) is 11.9. The average Bonchev–Trinajstić information content (AvgIpc) is 2.38. The molecule has 0 aliphatic heterocycles. The van der Waals surface area contributed by atoms with E-state index in [0.29, 0.717) is 5.56 Å². The van der Waals surface area contributed by atoms with Crippen LogP contribution in [0.5, 0.6) is 0 Å². The highest BCUT2D eigenvalue weighted by Gasteiger charge is 2.39. The Hall–Kier alpha value is -1.08. The third-order valence-corrected chi connectivity index (χ3v) is 3.88. The molecular weight excluding hydrogens is 380 g/mol. The molecule has 1 N–H and O–H groups in total. The maximum atomic E-state index is 13.0. The van der Waals surface area contributed by atoms with Crippen LogP contribution in [-0.4, -0.2) is 5.11 Å². The minimum absolute atomic E-state index is 0.145. The lowest BCUT2D eigenvalue weighted by Gasteiger charge is -2.27. The fourth-order valence-corrected chi connectivity index (χ4v) is 2.44. The standard InChI is InChI=1S/C15H12F3IO/c1-14(20,10-6-8-11(19)9-7-10)12-4-2-3-5-13(12)15(16,17)18/h2-9,20H,1H3. The molecule has 20 heavy (non-hydrogen) atoms. The summed E-state index contributed by atoms with van der Waals surface area (Å²) in [5.74, 6) is 0. The van der Waals surface area contributed by atoms with Gasteiger partial charge in [-0.15, -0.1) is 0 Å². The highest BCUT2D eigenvalue weighted by Crippen LogP contribution is 2.39. The molecule has 5 heteroatoms. The predicted molar refractivity (Wildman–Crippen MR) is 79.3 cm³/mol. The smallest absolute Gasteiger partial charge is 0.381 e. The van der Waals surface area contributed by atoms with Crippen LogP contribution in [0.1, 0.15) is 23.6 Å².